The molecule has 0 atom stereocenters. The van der Waals surface area contributed by atoms with Crippen molar-refractivity contribution in [1.29, 1.82) is 0 Å². The molecule has 0 aliphatic carbocycles. The van der Waals surface area contributed by atoms with Crippen molar-refractivity contribution in [3.63, 3.8) is 0 Å². The van der Waals surface area contributed by atoms with Crippen LogP contribution in [0.2, 0.25) is 0 Å². The third-order valence-corrected chi connectivity index (χ3v) is 1.19. The lowest BCUT2D eigenvalue weighted by Gasteiger charge is -2.01. The Labute approximate surface area is 67.6 Å². The van der Waals surface area contributed by atoms with Gasteiger partial charge in [0.2, 0.25) is 5.91 Å². The Morgan fingerprint density at radius 2 is 2.27 bits per heavy atom. The van der Waals surface area contributed by atoms with E-state index in [4.69, 9.17) is 6.42 Å². The van der Waals surface area contributed by atoms with Crippen LogP contribution in [0.5, 0.6) is 0 Å². The van der Waals surface area contributed by atoms with E-state index in [0.717, 1.165) is 13.0 Å². The highest BCUT2D eigenvalue weighted by Crippen LogP contribution is 1.76. The second-order valence-electron chi connectivity index (χ2n) is 2.19. The largest absolute Gasteiger partial charge is 0.355 e. The van der Waals surface area contributed by atoms with Crippen molar-refractivity contribution in [2.45, 2.75) is 12.8 Å². The summed E-state index contributed by atoms with van der Waals surface area (Å²) < 4.78 is 0. The van der Waals surface area contributed by atoms with E-state index in [2.05, 4.69) is 16.6 Å². The summed E-state index contributed by atoms with van der Waals surface area (Å²) in [6.07, 6.45) is 6.05. The normalized spacial score (nSPS) is 8.73. The smallest absolute Gasteiger partial charge is 0.232 e. The molecule has 0 aromatic carbocycles. The van der Waals surface area contributed by atoms with Crippen LogP contribution in [0.15, 0.2) is 0 Å². The molecule has 0 rings (SSSR count). The number of rotatable bonds is 5. The SMILES string of the molecule is C#CCC(=O)NCCCNC. The molecule has 0 radical (unpaired) electrons. The zero-order valence-electron chi connectivity index (χ0n) is 6.81. The fourth-order valence-corrected chi connectivity index (χ4v) is 0.648. The molecule has 11 heavy (non-hydrogen) atoms. The van der Waals surface area contributed by atoms with E-state index in [-0.39, 0.29) is 12.3 Å². The zero-order valence-corrected chi connectivity index (χ0v) is 6.81. The molecule has 0 spiro atoms. The maximum atomic E-state index is 10.7. The first-order chi connectivity index (χ1) is 5.31. The van der Waals surface area contributed by atoms with Gasteiger partial charge in [-0.05, 0) is 20.0 Å². The Bertz CT molecular complexity index is 149. The summed E-state index contributed by atoms with van der Waals surface area (Å²) in [5.74, 6) is 2.21. The van der Waals surface area contributed by atoms with Gasteiger partial charge in [-0.3, -0.25) is 4.79 Å². The van der Waals surface area contributed by atoms with Gasteiger partial charge in [0.05, 0.1) is 6.42 Å². The van der Waals surface area contributed by atoms with Crippen LogP contribution < -0.4 is 10.6 Å². The van der Waals surface area contributed by atoms with E-state index in [1.165, 1.54) is 0 Å². The predicted octanol–water partition coefficient (Wildman–Crippen LogP) is -0.265. The Hall–Kier alpha value is -1.01. The molecule has 0 aromatic heterocycles. The topological polar surface area (TPSA) is 41.1 Å². The number of terminal acetylenes is 1. The van der Waals surface area contributed by atoms with Crippen molar-refractivity contribution in [1.82, 2.24) is 10.6 Å². The van der Waals surface area contributed by atoms with Crippen molar-refractivity contribution < 1.29 is 4.79 Å². The van der Waals surface area contributed by atoms with Gasteiger partial charge in [-0.15, -0.1) is 6.42 Å². The van der Waals surface area contributed by atoms with Gasteiger partial charge in [0, 0.05) is 6.54 Å². The summed E-state index contributed by atoms with van der Waals surface area (Å²) in [5, 5.41) is 5.68. The molecule has 2 N–H and O–H groups in total. The zero-order chi connectivity index (χ0) is 8.53. The summed E-state index contributed by atoms with van der Waals surface area (Å²) in [6.45, 7) is 1.61. The average Bonchev–Trinajstić information content (AvgIpc) is 1.99. The third kappa shape index (κ3) is 6.88. The number of nitrogens with one attached hydrogen (secondary N) is 2. The summed E-state index contributed by atoms with van der Waals surface area (Å²) in [7, 11) is 1.88. The van der Waals surface area contributed by atoms with Gasteiger partial charge < -0.3 is 10.6 Å². The van der Waals surface area contributed by atoms with Crippen molar-refractivity contribution in [3.05, 3.63) is 0 Å². The van der Waals surface area contributed by atoms with Gasteiger partial charge in [-0.2, -0.15) is 0 Å². The molecule has 0 aliphatic heterocycles. The molecule has 62 valence electrons. The Morgan fingerprint density at radius 3 is 2.82 bits per heavy atom. The fourth-order valence-electron chi connectivity index (χ4n) is 0.648. The first-order valence-electron chi connectivity index (χ1n) is 3.66. The summed E-state index contributed by atoms with van der Waals surface area (Å²) in [6, 6.07) is 0. The molecule has 0 unspecified atom stereocenters. The molecular weight excluding hydrogens is 140 g/mol. The molecule has 3 nitrogen and oxygen atoms in total. The lowest BCUT2D eigenvalue weighted by atomic mass is 10.4. The first-order valence-corrected chi connectivity index (χ1v) is 3.66. The van der Waals surface area contributed by atoms with E-state index >= 15 is 0 Å². The van der Waals surface area contributed by atoms with Gasteiger partial charge in [-0.1, -0.05) is 5.92 Å². The Morgan fingerprint density at radius 1 is 1.55 bits per heavy atom. The standard InChI is InChI=1S/C8H14N2O/c1-3-5-8(11)10-7-4-6-9-2/h1,9H,4-7H2,2H3,(H,10,11). The molecular formula is C8H14N2O. The van der Waals surface area contributed by atoms with E-state index in [9.17, 15) is 4.79 Å². The molecule has 1 amide bonds. The summed E-state index contributed by atoms with van der Waals surface area (Å²) in [5.41, 5.74) is 0. The van der Waals surface area contributed by atoms with Crippen LogP contribution >= 0.6 is 0 Å². The van der Waals surface area contributed by atoms with E-state index < -0.39 is 0 Å². The first kappa shape index (κ1) is 9.99. The number of hydrogen-bond donors (Lipinski definition) is 2. The molecule has 0 aromatic rings. The third-order valence-electron chi connectivity index (χ3n) is 1.19. The van der Waals surface area contributed by atoms with Crippen LogP contribution in [-0.4, -0.2) is 26.0 Å². The fraction of sp³-hybridized carbons (Fsp3) is 0.625. The second kappa shape index (κ2) is 7.10. The van der Waals surface area contributed by atoms with E-state index in [1.807, 2.05) is 7.05 Å². The van der Waals surface area contributed by atoms with Crippen molar-refractivity contribution in [3.8, 4) is 12.3 Å². The molecule has 0 fully saturated rings. The van der Waals surface area contributed by atoms with Crippen LogP contribution in [0.3, 0.4) is 0 Å². The molecule has 0 bridgehead atoms. The minimum Gasteiger partial charge on any atom is -0.355 e. The molecule has 0 heterocycles. The van der Waals surface area contributed by atoms with Crippen LogP contribution in [0.4, 0.5) is 0 Å². The lowest BCUT2D eigenvalue weighted by Crippen LogP contribution is -2.25. The van der Waals surface area contributed by atoms with Gasteiger partial charge >= 0.3 is 0 Å². The highest BCUT2D eigenvalue weighted by atomic mass is 16.1. The van der Waals surface area contributed by atoms with Gasteiger partial charge in [0.1, 0.15) is 0 Å². The Kier molecular flexibility index (Phi) is 6.45. The van der Waals surface area contributed by atoms with E-state index in [0.29, 0.717) is 6.54 Å². The molecule has 0 saturated carbocycles. The maximum absolute atomic E-state index is 10.7. The van der Waals surface area contributed by atoms with Crippen molar-refractivity contribution >= 4 is 5.91 Å². The summed E-state index contributed by atoms with van der Waals surface area (Å²) in [4.78, 5) is 10.7. The second-order valence-corrected chi connectivity index (χ2v) is 2.19. The van der Waals surface area contributed by atoms with Crippen LogP contribution in [0.25, 0.3) is 0 Å². The number of hydrogen-bond acceptors (Lipinski definition) is 2. The minimum atomic E-state index is -0.0661. The van der Waals surface area contributed by atoms with Crippen LogP contribution in [0, 0.1) is 12.3 Å². The average molecular weight is 154 g/mol. The number of carbonyl (C=O) groups is 1. The van der Waals surface area contributed by atoms with Gasteiger partial charge in [0.15, 0.2) is 0 Å². The Balaban J connectivity index is 3.12. The van der Waals surface area contributed by atoms with Gasteiger partial charge in [-0.25, -0.2) is 0 Å². The van der Waals surface area contributed by atoms with E-state index in [1.54, 1.807) is 0 Å². The molecule has 0 aliphatic rings. The number of carbonyl (C=O) groups excluding carboxylic acids is 1. The monoisotopic (exact) mass is 154 g/mol. The van der Waals surface area contributed by atoms with Gasteiger partial charge in [0.25, 0.3) is 0 Å². The highest BCUT2D eigenvalue weighted by molar-refractivity contribution is 5.78. The van der Waals surface area contributed by atoms with Crippen molar-refractivity contribution in [2.24, 2.45) is 0 Å². The van der Waals surface area contributed by atoms with Crippen LogP contribution in [-0.2, 0) is 4.79 Å². The minimum absolute atomic E-state index is 0.0661. The molecule has 0 saturated heterocycles. The van der Waals surface area contributed by atoms with Crippen LogP contribution in [0.1, 0.15) is 12.8 Å². The lowest BCUT2D eigenvalue weighted by molar-refractivity contribution is -0.120. The highest BCUT2D eigenvalue weighted by Gasteiger charge is 1.94. The quantitative estimate of drug-likeness (QED) is 0.423. The maximum Gasteiger partial charge on any atom is 0.232 e. The molecule has 3 heteroatoms. The predicted molar refractivity (Wildman–Crippen MR) is 45.0 cm³/mol. The summed E-state index contributed by atoms with van der Waals surface area (Å²) >= 11 is 0. The van der Waals surface area contributed by atoms with Crippen molar-refractivity contribution in [2.75, 3.05) is 20.1 Å². The number of amides is 1.